The van der Waals surface area contributed by atoms with E-state index in [1.165, 1.54) is 12.8 Å². The molecular weight excluding hydrogens is 292 g/mol. The summed E-state index contributed by atoms with van der Waals surface area (Å²) < 4.78 is 0. The number of hydrogen-bond acceptors (Lipinski definition) is 3. The number of aryl methyl sites for hydroxylation is 2. The largest absolute Gasteiger partial charge is 0.342 e. The summed E-state index contributed by atoms with van der Waals surface area (Å²) in [6.07, 6.45) is 4.70. The maximum Gasteiger partial charge on any atom is 0.272 e. The van der Waals surface area contributed by atoms with E-state index in [2.05, 4.69) is 11.8 Å². The molecule has 1 saturated carbocycles. The minimum absolute atomic E-state index is 0.199. The molecule has 0 unspecified atom stereocenters. The third kappa shape index (κ3) is 5.05. The van der Waals surface area contributed by atoms with E-state index in [9.17, 15) is 14.9 Å². The molecule has 3 rings (SSSR count). The van der Waals surface area contributed by atoms with Gasteiger partial charge in [-0.1, -0.05) is 19.1 Å². The van der Waals surface area contributed by atoms with Gasteiger partial charge in [0, 0.05) is 30.6 Å². The zero-order valence-electron chi connectivity index (χ0n) is 14.2. The number of carbonyl (C=O) groups excluding carboxylic acids is 1. The Labute approximate surface area is 137 Å². The van der Waals surface area contributed by atoms with E-state index in [1.807, 2.05) is 13.0 Å². The molecule has 1 amide bonds. The van der Waals surface area contributed by atoms with Crippen molar-refractivity contribution in [3.8, 4) is 0 Å². The van der Waals surface area contributed by atoms with Gasteiger partial charge in [-0.25, -0.2) is 0 Å². The number of likely N-dealkylation sites (tertiary alicyclic amines) is 1. The van der Waals surface area contributed by atoms with Gasteiger partial charge >= 0.3 is 0 Å². The molecule has 1 aromatic carbocycles. The van der Waals surface area contributed by atoms with Crippen molar-refractivity contribution in [1.82, 2.24) is 4.90 Å². The van der Waals surface area contributed by atoms with Crippen molar-refractivity contribution in [2.75, 3.05) is 13.1 Å². The van der Waals surface area contributed by atoms with Gasteiger partial charge in [0.05, 0.1) is 4.92 Å². The van der Waals surface area contributed by atoms with Gasteiger partial charge in [0.2, 0.25) is 5.91 Å². The van der Waals surface area contributed by atoms with Crippen LogP contribution < -0.4 is 0 Å². The summed E-state index contributed by atoms with van der Waals surface area (Å²) in [7, 11) is 0. The van der Waals surface area contributed by atoms with Gasteiger partial charge in [-0.2, -0.15) is 0 Å². The first kappa shape index (κ1) is 17.4. The zero-order valence-corrected chi connectivity index (χ0v) is 14.2. The van der Waals surface area contributed by atoms with Crippen LogP contribution in [0.1, 0.15) is 43.7 Å². The molecule has 2 fully saturated rings. The second-order valence-electron chi connectivity index (χ2n) is 6.83. The quantitative estimate of drug-likeness (QED) is 0.614. The second-order valence-corrected chi connectivity index (χ2v) is 6.83. The summed E-state index contributed by atoms with van der Waals surface area (Å²) in [4.78, 5) is 23.7. The van der Waals surface area contributed by atoms with Gasteiger partial charge in [-0.15, -0.1) is 0 Å². The van der Waals surface area contributed by atoms with E-state index < -0.39 is 0 Å². The summed E-state index contributed by atoms with van der Waals surface area (Å²) in [5, 5.41) is 10.4. The molecule has 0 atom stereocenters. The second kappa shape index (κ2) is 7.57. The van der Waals surface area contributed by atoms with Crippen LogP contribution in [0, 0.1) is 35.8 Å². The third-order valence-corrected chi connectivity index (χ3v) is 4.58. The van der Waals surface area contributed by atoms with Crippen LogP contribution in [-0.4, -0.2) is 28.8 Å². The number of amides is 1. The van der Waals surface area contributed by atoms with Crippen LogP contribution in [0.5, 0.6) is 0 Å². The molecule has 5 heteroatoms. The molecule has 5 nitrogen and oxygen atoms in total. The van der Waals surface area contributed by atoms with Gasteiger partial charge in [-0.05, 0) is 51.0 Å². The lowest BCUT2D eigenvalue weighted by Crippen LogP contribution is -2.38. The van der Waals surface area contributed by atoms with Crippen LogP contribution in [0.3, 0.4) is 0 Å². The molecule has 1 saturated heterocycles. The minimum atomic E-state index is -0.359. The highest BCUT2D eigenvalue weighted by molar-refractivity contribution is 5.81. The van der Waals surface area contributed by atoms with E-state index in [-0.39, 0.29) is 10.6 Å². The van der Waals surface area contributed by atoms with Crippen molar-refractivity contribution < 1.29 is 9.72 Å². The molecule has 2 aliphatic rings. The van der Waals surface area contributed by atoms with Gasteiger partial charge in [0.15, 0.2) is 0 Å². The van der Waals surface area contributed by atoms with Crippen molar-refractivity contribution in [3.05, 3.63) is 39.4 Å². The minimum Gasteiger partial charge on any atom is -0.342 e. The van der Waals surface area contributed by atoms with Crippen LogP contribution >= 0.6 is 0 Å². The fourth-order valence-corrected chi connectivity index (χ4v) is 2.73. The molecule has 126 valence electrons. The molecule has 1 heterocycles. The Bertz CT molecular complexity index is 574. The molecule has 1 aromatic rings. The Kier molecular flexibility index (Phi) is 5.74. The predicted molar refractivity (Wildman–Crippen MR) is 90.3 cm³/mol. The number of nitro groups is 1. The van der Waals surface area contributed by atoms with Gasteiger partial charge in [-0.3, -0.25) is 14.9 Å². The molecule has 0 spiro atoms. The lowest BCUT2D eigenvalue weighted by atomic mass is 9.99. The summed E-state index contributed by atoms with van der Waals surface area (Å²) in [6, 6.07) is 5.20. The normalized spacial score (nSPS) is 18.1. The van der Waals surface area contributed by atoms with Crippen LogP contribution in [0.2, 0.25) is 0 Å². The average Bonchev–Trinajstić information content (AvgIpc) is 3.35. The summed E-state index contributed by atoms with van der Waals surface area (Å²) >= 11 is 0. The monoisotopic (exact) mass is 318 g/mol. The van der Waals surface area contributed by atoms with E-state index in [0.29, 0.717) is 17.4 Å². The number of hydrogen-bond donors (Lipinski definition) is 0. The van der Waals surface area contributed by atoms with Crippen molar-refractivity contribution in [2.24, 2.45) is 11.8 Å². The van der Waals surface area contributed by atoms with Crippen molar-refractivity contribution in [3.63, 3.8) is 0 Å². The first-order chi connectivity index (χ1) is 10.9. The summed E-state index contributed by atoms with van der Waals surface area (Å²) in [5.74, 6) is 1.67. The average molecular weight is 318 g/mol. The van der Waals surface area contributed by atoms with Crippen LogP contribution in [0.4, 0.5) is 5.69 Å². The Balaban J connectivity index is 0.000000168. The fraction of sp³-hybridized carbons (Fsp3) is 0.611. The van der Waals surface area contributed by atoms with E-state index in [1.54, 1.807) is 19.1 Å². The maximum absolute atomic E-state index is 11.6. The SMILES string of the molecule is CC1CCN(C(=O)C2CC2)CC1.Cc1ccc(C)c([N+](=O)[O-])c1. The number of nitrogens with zero attached hydrogens (tertiary/aromatic N) is 2. The molecule has 1 aliphatic heterocycles. The first-order valence-electron chi connectivity index (χ1n) is 8.39. The molecule has 0 bridgehead atoms. The Hall–Kier alpha value is -1.91. The van der Waals surface area contributed by atoms with Crippen molar-refractivity contribution in [1.29, 1.82) is 0 Å². The highest BCUT2D eigenvalue weighted by Crippen LogP contribution is 2.32. The number of benzene rings is 1. The van der Waals surface area contributed by atoms with E-state index >= 15 is 0 Å². The molecule has 0 radical (unpaired) electrons. The first-order valence-corrected chi connectivity index (χ1v) is 8.39. The predicted octanol–water partition coefficient (Wildman–Crippen LogP) is 3.87. The zero-order chi connectivity index (χ0) is 17.0. The number of piperidine rings is 1. The van der Waals surface area contributed by atoms with Gasteiger partial charge in [0.25, 0.3) is 5.69 Å². The Morgan fingerprint density at radius 3 is 2.26 bits per heavy atom. The van der Waals surface area contributed by atoms with Gasteiger partial charge < -0.3 is 4.90 Å². The standard InChI is InChI=1S/C10H17NO.C8H9NO2/c1-8-4-6-11(7-5-8)10(12)9-2-3-9;1-6-3-4-7(2)8(5-6)9(10)11/h8-9H,2-7H2,1H3;3-5H,1-2H3. The molecular formula is C18H26N2O3. The summed E-state index contributed by atoms with van der Waals surface area (Å²) in [5.41, 5.74) is 1.83. The lowest BCUT2D eigenvalue weighted by Gasteiger charge is -2.30. The summed E-state index contributed by atoms with van der Waals surface area (Å²) in [6.45, 7) is 7.87. The molecule has 1 aliphatic carbocycles. The molecule has 0 aromatic heterocycles. The topological polar surface area (TPSA) is 63.5 Å². The number of carbonyl (C=O) groups is 1. The fourth-order valence-electron chi connectivity index (χ4n) is 2.73. The lowest BCUT2D eigenvalue weighted by molar-refractivity contribution is -0.385. The van der Waals surface area contributed by atoms with Crippen molar-refractivity contribution in [2.45, 2.75) is 46.5 Å². The van der Waals surface area contributed by atoms with Crippen LogP contribution in [0.15, 0.2) is 18.2 Å². The van der Waals surface area contributed by atoms with E-state index in [0.717, 1.165) is 37.4 Å². The van der Waals surface area contributed by atoms with E-state index in [4.69, 9.17) is 0 Å². The van der Waals surface area contributed by atoms with Crippen LogP contribution in [0.25, 0.3) is 0 Å². The van der Waals surface area contributed by atoms with Crippen molar-refractivity contribution >= 4 is 11.6 Å². The Morgan fingerprint density at radius 1 is 1.17 bits per heavy atom. The van der Waals surface area contributed by atoms with Gasteiger partial charge in [0.1, 0.15) is 0 Å². The number of nitro benzene ring substituents is 1. The molecule has 23 heavy (non-hydrogen) atoms. The highest BCUT2D eigenvalue weighted by Gasteiger charge is 2.34. The number of rotatable bonds is 2. The Morgan fingerprint density at radius 2 is 1.78 bits per heavy atom. The molecule has 0 N–H and O–H groups in total. The smallest absolute Gasteiger partial charge is 0.272 e. The highest BCUT2D eigenvalue weighted by atomic mass is 16.6. The maximum atomic E-state index is 11.6. The third-order valence-electron chi connectivity index (χ3n) is 4.58. The van der Waals surface area contributed by atoms with Crippen LogP contribution in [-0.2, 0) is 4.79 Å².